The van der Waals surface area contributed by atoms with Gasteiger partial charge in [-0.15, -0.1) is 0 Å². The van der Waals surface area contributed by atoms with Crippen LogP contribution in [0.1, 0.15) is 22.8 Å². The number of benzene rings is 2. The second-order valence-corrected chi connectivity index (χ2v) is 4.90. The first kappa shape index (κ1) is 17.3. The van der Waals surface area contributed by atoms with Crippen LogP contribution in [0.25, 0.3) is 6.08 Å². The minimum Gasteiger partial charge on any atom is -0.497 e. The number of hydrogen-bond acceptors (Lipinski definition) is 5. The van der Waals surface area contributed by atoms with E-state index in [1.54, 1.807) is 25.3 Å². The van der Waals surface area contributed by atoms with Gasteiger partial charge < -0.3 is 14.2 Å². The van der Waals surface area contributed by atoms with Crippen molar-refractivity contribution in [3.05, 3.63) is 59.7 Å². The molecule has 0 bridgehead atoms. The molecular weight excluding hydrogens is 308 g/mol. The molecule has 5 nitrogen and oxygen atoms in total. The van der Waals surface area contributed by atoms with Crippen molar-refractivity contribution >= 4 is 17.8 Å². The Labute approximate surface area is 140 Å². The van der Waals surface area contributed by atoms with Gasteiger partial charge in [-0.05, 0) is 30.4 Å². The maximum atomic E-state index is 12.5. The third-order valence-electron chi connectivity index (χ3n) is 3.26. The molecule has 0 unspecified atom stereocenters. The molecule has 0 heterocycles. The van der Waals surface area contributed by atoms with Crippen LogP contribution in [-0.4, -0.2) is 26.0 Å². The van der Waals surface area contributed by atoms with Gasteiger partial charge in [-0.3, -0.25) is 9.59 Å². The fourth-order valence-corrected chi connectivity index (χ4v) is 2.13. The first-order chi connectivity index (χ1) is 11.5. The van der Waals surface area contributed by atoms with Gasteiger partial charge in [-0.1, -0.05) is 18.2 Å². The molecule has 0 atom stereocenters. The van der Waals surface area contributed by atoms with E-state index < -0.39 is 5.97 Å². The molecule has 0 aliphatic heterocycles. The van der Waals surface area contributed by atoms with Crippen molar-refractivity contribution in [1.82, 2.24) is 0 Å². The quantitative estimate of drug-likeness (QED) is 0.352. The number of ketones is 1. The highest BCUT2D eigenvalue weighted by Gasteiger charge is 2.13. The summed E-state index contributed by atoms with van der Waals surface area (Å²) >= 11 is 0. The van der Waals surface area contributed by atoms with Gasteiger partial charge in [-0.2, -0.15) is 0 Å². The molecular formula is C19H18O5. The predicted octanol–water partition coefficient (Wildman–Crippen LogP) is 3.53. The maximum Gasteiger partial charge on any atom is 0.308 e. The Morgan fingerprint density at radius 2 is 1.71 bits per heavy atom. The Bertz CT molecular complexity index is 777. The number of rotatable bonds is 6. The lowest BCUT2D eigenvalue weighted by molar-refractivity contribution is -0.131. The van der Waals surface area contributed by atoms with Gasteiger partial charge in [0.2, 0.25) is 0 Å². The summed E-state index contributed by atoms with van der Waals surface area (Å²) in [6, 6.07) is 12.0. The molecule has 0 saturated heterocycles. The first-order valence-electron chi connectivity index (χ1n) is 7.27. The molecule has 0 amide bonds. The zero-order valence-corrected chi connectivity index (χ0v) is 13.7. The lowest BCUT2D eigenvalue weighted by Gasteiger charge is -2.09. The average Bonchev–Trinajstić information content (AvgIpc) is 2.59. The lowest BCUT2D eigenvalue weighted by Crippen LogP contribution is -2.07. The average molecular weight is 326 g/mol. The summed E-state index contributed by atoms with van der Waals surface area (Å²) in [5, 5.41) is 0. The number of carbonyl (C=O) groups is 2. The predicted molar refractivity (Wildman–Crippen MR) is 90.7 cm³/mol. The Balaban J connectivity index is 2.32. The molecule has 0 saturated carbocycles. The normalized spacial score (nSPS) is 10.5. The summed E-state index contributed by atoms with van der Waals surface area (Å²) in [6.45, 7) is 1.28. The zero-order chi connectivity index (χ0) is 17.5. The van der Waals surface area contributed by atoms with Crippen molar-refractivity contribution in [2.24, 2.45) is 0 Å². The second kappa shape index (κ2) is 7.97. The lowest BCUT2D eigenvalue weighted by atomic mass is 10.1. The molecule has 0 N–H and O–H groups in total. The van der Waals surface area contributed by atoms with Crippen molar-refractivity contribution in [3.8, 4) is 17.2 Å². The van der Waals surface area contributed by atoms with Crippen LogP contribution in [-0.2, 0) is 4.79 Å². The number of methoxy groups -OCH3 is 2. The second-order valence-electron chi connectivity index (χ2n) is 4.90. The third-order valence-corrected chi connectivity index (χ3v) is 3.26. The summed E-state index contributed by atoms with van der Waals surface area (Å²) in [7, 11) is 3.06. The van der Waals surface area contributed by atoms with E-state index in [1.807, 2.05) is 24.3 Å². The maximum absolute atomic E-state index is 12.5. The van der Waals surface area contributed by atoms with Crippen molar-refractivity contribution in [2.75, 3.05) is 14.2 Å². The summed E-state index contributed by atoms with van der Waals surface area (Å²) in [4.78, 5) is 23.7. The molecule has 0 fully saturated rings. The Morgan fingerprint density at radius 1 is 0.958 bits per heavy atom. The van der Waals surface area contributed by atoms with E-state index in [9.17, 15) is 9.59 Å². The summed E-state index contributed by atoms with van der Waals surface area (Å²) in [5.41, 5.74) is 1.05. The van der Waals surface area contributed by atoms with Crippen molar-refractivity contribution in [1.29, 1.82) is 0 Å². The summed E-state index contributed by atoms with van der Waals surface area (Å²) < 4.78 is 15.4. The van der Waals surface area contributed by atoms with E-state index >= 15 is 0 Å². The third kappa shape index (κ3) is 4.23. The summed E-state index contributed by atoms with van der Waals surface area (Å²) in [5.74, 6) is 0.523. The standard InChI is InChI=1S/C19H18O5/c1-13(20)24-19-12-15(22-2)9-10-16(19)17(21)11-8-14-6-4-5-7-18(14)23-3/h4-12H,1-3H3/b11-8+. The number of esters is 1. The van der Waals surface area contributed by atoms with Gasteiger partial charge in [0.15, 0.2) is 5.78 Å². The Kier molecular flexibility index (Phi) is 5.73. The molecule has 2 aromatic carbocycles. The van der Waals surface area contributed by atoms with Crippen molar-refractivity contribution in [2.45, 2.75) is 6.92 Å². The number of ether oxygens (including phenoxy) is 3. The number of allylic oxidation sites excluding steroid dienone is 1. The first-order valence-corrected chi connectivity index (χ1v) is 7.27. The molecule has 0 radical (unpaired) electrons. The smallest absolute Gasteiger partial charge is 0.308 e. The fraction of sp³-hybridized carbons (Fsp3) is 0.158. The molecule has 0 aromatic heterocycles. The van der Waals surface area contributed by atoms with Gasteiger partial charge in [0.05, 0.1) is 19.8 Å². The van der Waals surface area contributed by atoms with E-state index in [-0.39, 0.29) is 17.1 Å². The molecule has 5 heteroatoms. The van der Waals surface area contributed by atoms with Crippen LogP contribution in [0.2, 0.25) is 0 Å². The van der Waals surface area contributed by atoms with Crippen LogP contribution >= 0.6 is 0 Å². The number of para-hydroxylation sites is 1. The van der Waals surface area contributed by atoms with Gasteiger partial charge >= 0.3 is 5.97 Å². The Hall–Kier alpha value is -3.08. The highest BCUT2D eigenvalue weighted by Crippen LogP contribution is 2.26. The highest BCUT2D eigenvalue weighted by molar-refractivity contribution is 6.09. The van der Waals surface area contributed by atoms with Crippen LogP contribution in [0, 0.1) is 0 Å². The zero-order valence-electron chi connectivity index (χ0n) is 13.7. The molecule has 24 heavy (non-hydrogen) atoms. The van der Waals surface area contributed by atoms with Crippen molar-refractivity contribution < 1.29 is 23.8 Å². The van der Waals surface area contributed by atoms with E-state index in [2.05, 4.69) is 0 Å². The summed E-state index contributed by atoms with van der Waals surface area (Å²) in [6.07, 6.45) is 3.07. The molecule has 0 spiro atoms. The van der Waals surface area contributed by atoms with Crippen LogP contribution in [0.5, 0.6) is 17.2 Å². The van der Waals surface area contributed by atoms with E-state index in [0.29, 0.717) is 11.5 Å². The minimum absolute atomic E-state index is 0.163. The van der Waals surface area contributed by atoms with Gasteiger partial charge in [0.25, 0.3) is 0 Å². The highest BCUT2D eigenvalue weighted by atomic mass is 16.5. The van der Waals surface area contributed by atoms with E-state index in [4.69, 9.17) is 14.2 Å². The Morgan fingerprint density at radius 3 is 2.38 bits per heavy atom. The minimum atomic E-state index is -0.508. The van der Waals surface area contributed by atoms with E-state index in [0.717, 1.165) is 5.56 Å². The topological polar surface area (TPSA) is 61.8 Å². The van der Waals surface area contributed by atoms with Crippen LogP contribution in [0.4, 0.5) is 0 Å². The number of hydrogen-bond donors (Lipinski definition) is 0. The van der Waals surface area contributed by atoms with Gasteiger partial charge in [0, 0.05) is 18.6 Å². The molecule has 2 rings (SSSR count). The van der Waals surface area contributed by atoms with Crippen LogP contribution in [0.15, 0.2) is 48.5 Å². The number of carbonyl (C=O) groups excluding carboxylic acids is 2. The SMILES string of the molecule is COc1ccc(C(=O)/C=C/c2ccccc2OC)c(OC(C)=O)c1. The van der Waals surface area contributed by atoms with Gasteiger partial charge in [0.1, 0.15) is 17.2 Å². The molecule has 124 valence electrons. The molecule has 0 aliphatic rings. The largest absolute Gasteiger partial charge is 0.497 e. The van der Waals surface area contributed by atoms with Crippen molar-refractivity contribution in [3.63, 3.8) is 0 Å². The van der Waals surface area contributed by atoms with Crippen LogP contribution in [0.3, 0.4) is 0 Å². The molecule has 0 aliphatic carbocycles. The monoisotopic (exact) mass is 326 g/mol. The molecule has 2 aromatic rings. The fourth-order valence-electron chi connectivity index (χ4n) is 2.13. The van der Waals surface area contributed by atoms with Crippen LogP contribution < -0.4 is 14.2 Å². The van der Waals surface area contributed by atoms with E-state index in [1.165, 1.54) is 26.2 Å². The van der Waals surface area contributed by atoms with Gasteiger partial charge in [-0.25, -0.2) is 0 Å².